The molecular formula is C17H25ClN4O3. The van der Waals surface area contributed by atoms with Crippen molar-refractivity contribution in [1.29, 1.82) is 0 Å². The fraction of sp³-hybridized carbons (Fsp3) is 0.588. The van der Waals surface area contributed by atoms with Gasteiger partial charge in [0.1, 0.15) is 5.69 Å². The molecule has 0 saturated carbocycles. The van der Waals surface area contributed by atoms with E-state index in [0.29, 0.717) is 31.9 Å². The maximum Gasteiger partial charge on any atom is 0.292 e. The van der Waals surface area contributed by atoms with Crippen molar-refractivity contribution in [2.75, 3.05) is 37.6 Å². The van der Waals surface area contributed by atoms with E-state index in [-0.39, 0.29) is 28.9 Å². The molecule has 2 fully saturated rings. The molecule has 25 heavy (non-hydrogen) atoms. The highest BCUT2D eigenvalue weighted by molar-refractivity contribution is 5.86. The summed E-state index contributed by atoms with van der Waals surface area (Å²) in [6.45, 7) is 5.31. The summed E-state index contributed by atoms with van der Waals surface area (Å²) in [4.78, 5) is 27.6. The number of rotatable bonds is 3. The second-order valence-electron chi connectivity index (χ2n) is 6.74. The molecule has 1 unspecified atom stereocenters. The number of hydrogen-bond donors (Lipinski definition) is 1. The number of piperazine rings is 1. The minimum Gasteiger partial charge on any atom is -0.362 e. The van der Waals surface area contributed by atoms with Gasteiger partial charge in [-0.05, 0) is 38.8 Å². The van der Waals surface area contributed by atoms with Gasteiger partial charge in [0.2, 0.25) is 5.91 Å². The second-order valence-corrected chi connectivity index (χ2v) is 6.74. The smallest absolute Gasteiger partial charge is 0.292 e. The van der Waals surface area contributed by atoms with E-state index >= 15 is 0 Å². The van der Waals surface area contributed by atoms with Crippen LogP contribution in [0.2, 0.25) is 0 Å². The molecule has 2 saturated heterocycles. The fourth-order valence-corrected chi connectivity index (χ4v) is 3.62. The number of hydrogen-bond acceptors (Lipinski definition) is 5. The Labute approximate surface area is 153 Å². The van der Waals surface area contributed by atoms with Crippen molar-refractivity contribution in [3.05, 3.63) is 34.4 Å². The van der Waals surface area contributed by atoms with E-state index in [1.54, 1.807) is 12.1 Å². The van der Waals surface area contributed by atoms with E-state index < -0.39 is 5.54 Å². The van der Waals surface area contributed by atoms with Crippen molar-refractivity contribution in [1.82, 2.24) is 10.2 Å². The molecule has 2 heterocycles. The van der Waals surface area contributed by atoms with Gasteiger partial charge < -0.3 is 15.1 Å². The summed E-state index contributed by atoms with van der Waals surface area (Å²) < 4.78 is 0. The van der Waals surface area contributed by atoms with Gasteiger partial charge in [-0.3, -0.25) is 14.9 Å². The second kappa shape index (κ2) is 8.01. The first-order chi connectivity index (χ1) is 11.5. The number of nitrogens with zero attached hydrogens (tertiary/aromatic N) is 3. The summed E-state index contributed by atoms with van der Waals surface area (Å²) >= 11 is 0. The Balaban J connectivity index is 0.00000225. The van der Waals surface area contributed by atoms with Crippen LogP contribution < -0.4 is 10.2 Å². The van der Waals surface area contributed by atoms with Gasteiger partial charge in [-0.1, -0.05) is 12.1 Å². The first kappa shape index (κ1) is 19.5. The quantitative estimate of drug-likeness (QED) is 0.653. The van der Waals surface area contributed by atoms with E-state index in [0.717, 1.165) is 25.8 Å². The van der Waals surface area contributed by atoms with Gasteiger partial charge in [0.15, 0.2) is 0 Å². The van der Waals surface area contributed by atoms with Crippen molar-refractivity contribution < 1.29 is 9.72 Å². The monoisotopic (exact) mass is 368 g/mol. The van der Waals surface area contributed by atoms with E-state index in [2.05, 4.69) is 5.32 Å². The number of carbonyl (C=O) groups is 1. The van der Waals surface area contributed by atoms with Crippen LogP contribution in [0.5, 0.6) is 0 Å². The van der Waals surface area contributed by atoms with Crippen molar-refractivity contribution in [3.63, 3.8) is 0 Å². The van der Waals surface area contributed by atoms with Crippen LogP contribution >= 0.6 is 12.4 Å². The molecule has 2 aliphatic rings. The van der Waals surface area contributed by atoms with Gasteiger partial charge in [-0.25, -0.2) is 0 Å². The van der Waals surface area contributed by atoms with Crippen molar-refractivity contribution >= 4 is 29.7 Å². The maximum absolute atomic E-state index is 12.8. The molecule has 0 radical (unpaired) electrons. The lowest BCUT2D eigenvalue weighted by atomic mass is 9.89. The normalized spacial score (nSPS) is 23.7. The number of piperidine rings is 1. The zero-order valence-corrected chi connectivity index (χ0v) is 15.3. The van der Waals surface area contributed by atoms with Gasteiger partial charge in [-0.2, -0.15) is 0 Å². The van der Waals surface area contributed by atoms with Gasteiger partial charge in [-0.15, -0.1) is 12.4 Å². The largest absolute Gasteiger partial charge is 0.362 e. The summed E-state index contributed by atoms with van der Waals surface area (Å²) in [5.74, 6) is 0.157. The summed E-state index contributed by atoms with van der Waals surface area (Å²) in [6.07, 6.45) is 3.07. The maximum atomic E-state index is 12.8. The topological polar surface area (TPSA) is 78.7 Å². The molecular weight excluding hydrogens is 344 g/mol. The minimum atomic E-state index is -0.459. The van der Waals surface area contributed by atoms with Crippen LogP contribution in [-0.2, 0) is 4.79 Å². The average molecular weight is 369 g/mol. The molecule has 7 nitrogen and oxygen atoms in total. The zero-order valence-electron chi connectivity index (χ0n) is 14.4. The third-order valence-corrected chi connectivity index (χ3v) is 5.08. The van der Waals surface area contributed by atoms with E-state index in [1.165, 1.54) is 6.07 Å². The van der Waals surface area contributed by atoms with Crippen molar-refractivity contribution in [2.45, 2.75) is 31.7 Å². The molecule has 1 amide bonds. The highest BCUT2D eigenvalue weighted by atomic mass is 35.5. The molecule has 0 aromatic heterocycles. The number of nitro groups is 1. The van der Waals surface area contributed by atoms with Crippen LogP contribution in [0.4, 0.5) is 11.4 Å². The lowest BCUT2D eigenvalue weighted by Crippen LogP contribution is -2.61. The molecule has 1 aromatic carbocycles. The number of nitrogens with one attached hydrogen (secondary N) is 1. The molecule has 1 N–H and O–H groups in total. The third-order valence-electron chi connectivity index (χ3n) is 5.08. The van der Waals surface area contributed by atoms with Crippen LogP contribution in [0.25, 0.3) is 0 Å². The predicted molar refractivity (Wildman–Crippen MR) is 99.4 cm³/mol. The van der Waals surface area contributed by atoms with E-state index in [4.69, 9.17) is 0 Å². The molecule has 0 bridgehead atoms. The van der Waals surface area contributed by atoms with Gasteiger partial charge in [0.25, 0.3) is 5.69 Å². The van der Waals surface area contributed by atoms with Crippen LogP contribution in [0.1, 0.15) is 26.2 Å². The van der Waals surface area contributed by atoms with Crippen LogP contribution in [0, 0.1) is 10.1 Å². The Morgan fingerprint density at radius 2 is 1.88 bits per heavy atom. The highest BCUT2D eigenvalue weighted by Gasteiger charge is 2.38. The van der Waals surface area contributed by atoms with Crippen molar-refractivity contribution in [2.24, 2.45) is 0 Å². The molecule has 1 aromatic rings. The fourth-order valence-electron chi connectivity index (χ4n) is 3.62. The number of benzene rings is 1. The summed E-state index contributed by atoms with van der Waals surface area (Å²) in [7, 11) is 0. The van der Waals surface area contributed by atoms with Gasteiger partial charge >= 0.3 is 0 Å². The summed E-state index contributed by atoms with van der Waals surface area (Å²) in [5.41, 5.74) is 0.300. The Kier molecular flexibility index (Phi) is 6.24. The SMILES string of the molecule is CC1(C(=O)N2CCN(c3ccccc3[N+](=O)[O-])CC2)CCCCN1.Cl. The van der Waals surface area contributed by atoms with E-state index in [1.807, 2.05) is 22.8 Å². The molecule has 8 heteroatoms. The number of para-hydroxylation sites is 2. The van der Waals surface area contributed by atoms with Gasteiger partial charge in [0, 0.05) is 32.2 Å². The molecule has 0 aliphatic carbocycles. The first-order valence-electron chi connectivity index (χ1n) is 8.54. The predicted octanol–water partition coefficient (Wildman–Crippen LogP) is 2.20. The number of anilines is 1. The lowest BCUT2D eigenvalue weighted by molar-refractivity contribution is -0.384. The average Bonchev–Trinajstić information content (AvgIpc) is 2.62. The Hall–Kier alpha value is -1.86. The van der Waals surface area contributed by atoms with Gasteiger partial charge in [0.05, 0.1) is 10.5 Å². The van der Waals surface area contributed by atoms with Crippen molar-refractivity contribution in [3.8, 4) is 0 Å². The van der Waals surface area contributed by atoms with Crippen LogP contribution in [0.3, 0.4) is 0 Å². The number of carbonyl (C=O) groups excluding carboxylic acids is 1. The first-order valence-corrected chi connectivity index (χ1v) is 8.54. The molecule has 0 spiro atoms. The minimum absolute atomic E-state index is 0. The van der Waals surface area contributed by atoms with Crippen LogP contribution in [-0.4, -0.2) is 54.0 Å². The summed E-state index contributed by atoms with van der Waals surface area (Å²) in [6, 6.07) is 6.79. The van der Waals surface area contributed by atoms with Crippen LogP contribution in [0.15, 0.2) is 24.3 Å². The molecule has 138 valence electrons. The standard InChI is InChI=1S/C17H24N4O3.ClH/c1-17(8-4-5-9-18-17)16(22)20-12-10-19(11-13-20)14-6-2-3-7-15(14)21(23)24;/h2-3,6-7,18H,4-5,8-13H2,1H3;1H. The number of nitro benzene ring substituents is 1. The number of halogens is 1. The number of amides is 1. The lowest BCUT2D eigenvalue weighted by Gasteiger charge is -2.42. The zero-order chi connectivity index (χ0) is 17.2. The Bertz CT molecular complexity index is 626. The molecule has 2 aliphatic heterocycles. The molecule has 3 rings (SSSR count). The van der Waals surface area contributed by atoms with E-state index in [9.17, 15) is 14.9 Å². The Morgan fingerprint density at radius 3 is 2.48 bits per heavy atom. The summed E-state index contributed by atoms with van der Waals surface area (Å²) in [5, 5.41) is 14.6. The highest BCUT2D eigenvalue weighted by Crippen LogP contribution is 2.29. The Morgan fingerprint density at radius 1 is 1.20 bits per heavy atom. The molecule has 1 atom stereocenters. The third kappa shape index (κ3) is 4.04.